The molecule has 5 rings (SSSR count). The Morgan fingerprint density at radius 2 is 0.833 bits per heavy atom. The first-order valence-electron chi connectivity index (χ1n) is 8.48. The lowest BCUT2D eigenvalue weighted by Crippen LogP contribution is -1.90. The van der Waals surface area contributed by atoms with Gasteiger partial charge in [0.05, 0.1) is 0 Å². The van der Waals surface area contributed by atoms with E-state index in [2.05, 4.69) is 86.6 Å². The van der Waals surface area contributed by atoms with Crippen molar-refractivity contribution in [1.29, 1.82) is 0 Å². The Balaban J connectivity index is 2.13. The molecule has 0 nitrogen and oxygen atoms in total. The van der Waals surface area contributed by atoms with Gasteiger partial charge >= 0.3 is 0 Å². The second-order valence-corrected chi connectivity index (χ2v) is 6.67. The Kier molecular flexibility index (Phi) is 2.72. The van der Waals surface area contributed by atoms with Crippen molar-refractivity contribution in [1.82, 2.24) is 0 Å². The van der Waals surface area contributed by atoms with Gasteiger partial charge in [-0.1, -0.05) is 72.8 Å². The minimum Gasteiger partial charge on any atom is -0.0616 e. The van der Waals surface area contributed by atoms with Gasteiger partial charge in [0.2, 0.25) is 0 Å². The number of hydrogen-bond acceptors (Lipinski definition) is 0. The van der Waals surface area contributed by atoms with Crippen LogP contribution in [0.5, 0.6) is 0 Å². The van der Waals surface area contributed by atoms with Crippen LogP contribution in [0.3, 0.4) is 0 Å². The van der Waals surface area contributed by atoms with E-state index in [9.17, 15) is 0 Å². The summed E-state index contributed by atoms with van der Waals surface area (Å²) in [5.41, 5.74) is 2.77. The van der Waals surface area contributed by atoms with Crippen LogP contribution in [0.15, 0.2) is 72.8 Å². The molecule has 0 aromatic heterocycles. The lowest BCUT2D eigenvalue weighted by molar-refractivity contribution is 1.54. The van der Waals surface area contributed by atoms with Gasteiger partial charge in [0.1, 0.15) is 0 Å². The molecule has 0 heterocycles. The van der Waals surface area contributed by atoms with Gasteiger partial charge in [-0.2, -0.15) is 0 Å². The van der Waals surface area contributed by atoms with Crippen molar-refractivity contribution in [3.05, 3.63) is 83.9 Å². The monoisotopic (exact) mass is 306 g/mol. The van der Waals surface area contributed by atoms with Crippen LogP contribution in [0.25, 0.3) is 43.1 Å². The fraction of sp³-hybridized carbons (Fsp3) is 0.0833. The first kappa shape index (κ1) is 13.6. The normalized spacial score (nSPS) is 11.8. The van der Waals surface area contributed by atoms with Crippen molar-refractivity contribution in [2.75, 3.05) is 0 Å². The molecule has 0 saturated heterocycles. The van der Waals surface area contributed by atoms with Gasteiger partial charge in [0.15, 0.2) is 0 Å². The van der Waals surface area contributed by atoms with Gasteiger partial charge in [-0.25, -0.2) is 0 Å². The Morgan fingerprint density at radius 1 is 0.417 bits per heavy atom. The van der Waals surface area contributed by atoms with Crippen LogP contribution >= 0.6 is 0 Å². The zero-order valence-electron chi connectivity index (χ0n) is 13.9. The van der Waals surface area contributed by atoms with E-state index in [1.807, 2.05) is 0 Å². The van der Waals surface area contributed by atoms with Crippen LogP contribution in [0.4, 0.5) is 0 Å². The van der Waals surface area contributed by atoms with Gasteiger partial charge in [0, 0.05) is 0 Å². The number of fused-ring (bicyclic) bond motifs is 6. The molecule has 5 aromatic rings. The van der Waals surface area contributed by atoms with Crippen LogP contribution < -0.4 is 0 Å². The second-order valence-electron chi connectivity index (χ2n) is 6.67. The first-order chi connectivity index (χ1) is 11.8. The van der Waals surface area contributed by atoms with Crippen LogP contribution in [0, 0.1) is 13.8 Å². The van der Waals surface area contributed by atoms with E-state index in [1.54, 1.807) is 0 Å². The molecule has 0 unspecified atom stereocenters. The average molecular weight is 306 g/mol. The number of benzene rings is 5. The van der Waals surface area contributed by atoms with Crippen LogP contribution in [0.1, 0.15) is 11.1 Å². The molecule has 5 aromatic carbocycles. The van der Waals surface area contributed by atoms with Crippen LogP contribution in [-0.2, 0) is 0 Å². The van der Waals surface area contributed by atoms with E-state index < -0.39 is 0 Å². The largest absolute Gasteiger partial charge is 0.0616 e. The van der Waals surface area contributed by atoms with Gasteiger partial charge in [0.25, 0.3) is 0 Å². The Morgan fingerprint density at radius 3 is 1.29 bits per heavy atom. The topological polar surface area (TPSA) is 0 Å². The van der Waals surface area contributed by atoms with Crippen molar-refractivity contribution in [3.8, 4) is 0 Å². The molecule has 24 heavy (non-hydrogen) atoms. The SMILES string of the molecule is Cc1c2ccc3ccccc3c2c(C)c2ccc3ccccc3c12. The molecule has 0 heteroatoms. The minimum absolute atomic E-state index is 1.31. The first-order valence-corrected chi connectivity index (χ1v) is 8.48. The van der Waals surface area contributed by atoms with E-state index in [-0.39, 0.29) is 0 Å². The molecule has 0 spiro atoms. The molecular formula is C24H18. The van der Waals surface area contributed by atoms with Crippen LogP contribution in [-0.4, -0.2) is 0 Å². The lowest BCUT2D eigenvalue weighted by atomic mass is 9.88. The Labute approximate surface area is 141 Å². The maximum Gasteiger partial charge on any atom is -0.00670 e. The molecule has 0 aliphatic carbocycles. The second kappa shape index (κ2) is 4.82. The van der Waals surface area contributed by atoms with Crippen molar-refractivity contribution in [2.24, 2.45) is 0 Å². The summed E-state index contributed by atoms with van der Waals surface area (Å²) in [6.07, 6.45) is 0. The molecule has 0 aliphatic heterocycles. The molecular weight excluding hydrogens is 288 g/mol. The molecule has 0 radical (unpaired) electrons. The summed E-state index contributed by atoms with van der Waals surface area (Å²) >= 11 is 0. The third-order valence-electron chi connectivity index (χ3n) is 5.42. The molecule has 0 bridgehead atoms. The van der Waals surface area contributed by atoms with E-state index in [1.165, 1.54) is 54.2 Å². The lowest BCUT2D eigenvalue weighted by Gasteiger charge is -2.16. The standard InChI is InChI=1S/C24H18/c1-15-19-13-11-18-8-4-6-10-22(18)24(19)16(2)20-14-12-17-7-3-5-9-21(17)23(15)20/h3-14H,1-2H3. The summed E-state index contributed by atoms with van der Waals surface area (Å²) in [5.74, 6) is 0. The quantitative estimate of drug-likeness (QED) is 0.215. The maximum atomic E-state index is 2.29. The zero-order chi connectivity index (χ0) is 16.3. The highest BCUT2D eigenvalue weighted by molar-refractivity contribution is 6.21. The van der Waals surface area contributed by atoms with Crippen molar-refractivity contribution in [2.45, 2.75) is 13.8 Å². The van der Waals surface area contributed by atoms with E-state index >= 15 is 0 Å². The zero-order valence-corrected chi connectivity index (χ0v) is 13.9. The van der Waals surface area contributed by atoms with Gasteiger partial charge in [-0.3, -0.25) is 0 Å². The molecule has 0 saturated carbocycles. The third-order valence-corrected chi connectivity index (χ3v) is 5.42. The van der Waals surface area contributed by atoms with Gasteiger partial charge in [-0.05, 0) is 68.1 Å². The number of rotatable bonds is 0. The van der Waals surface area contributed by atoms with E-state index in [4.69, 9.17) is 0 Å². The summed E-state index contributed by atoms with van der Waals surface area (Å²) in [6, 6.07) is 26.5. The molecule has 0 fully saturated rings. The Bertz CT molecular complexity index is 1160. The summed E-state index contributed by atoms with van der Waals surface area (Å²) < 4.78 is 0. The summed E-state index contributed by atoms with van der Waals surface area (Å²) in [4.78, 5) is 0. The smallest absolute Gasteiger partial charge is 0.00670 e. The molecule has 0 amide bonds. The highest BCUT2D eigenvalue weighted by Crippen LogP contribution is 2.39. The molecule has 0 aliphatic rings. The summed E-state index contributed by atoms with van der Waals surface area (Å²) in [7, 11) is 0. The number of hydrogen-bond donors (Lipinski definition) is 0. The van der Waals surface area contributed by atoms with Crippen molar-refractivity contribution in [3.63, 3.8) is 0 Å². The molecule has 114 valence electrons. The van der Waals surface area contributed by atoms with Gasteiger partial charge in [-0.15, -0.1) is 0 Å². The van der Waals surface area contributed by atoms with E-state index in [0.717, 1.165) is 0 Å². The molecule has 0 atom stereocenters. The predicted molar refractivity (Wildman–Crippen MR) is 106 cm³/mol. The fourth-order valence-corrected chi connectivity index (χ4v) is 4.25. The fourth-order valence-electron chi connectivity index (χ4n) is 4.25. The highest BCUT2D eigenvalue weighted by atomic mass is 14.2. The summed E-state index contributed by atoms with van der Waals surface area (Å²) in [5, 5.41) is 10.9. The average Bonchev–Trinajstić information content (AvgIpc) is 2.64. The molecule has 0 N–H and O–H groups in total. The van der Waals surface area contributed by atoms with Gasteiger partial charge < -0.3 is 0 Å². The third kappa shape index (κ3) is 1.68. The predicted octanol–water partition coefficient (Wildman–Crippen LogP) is 6.92. The van der Waals surface area contributed by atoms with Crippen molar-refractivity contribution >= 4 is 43.1 Å². The maximum absolute atomic E-state index is 2.29. The number of aryl methyl sites for hydroxylation is 2. The minimum atomic E-state index is 1.31. The van der Waals surface area contributed by atoms with Crippen molar-refractivity contribution < 1.29 is 0 Å². The van der Waals surface area contributed by atoms with E-state index in [0.29, 0.717) is 0 Å². The Hall–Kier alpha value is -2.86. The van der Waals surface area contributed by atoms with Crippen LogP contribution in [0.2, 0.25) is 0 Å². The summed E-state index contributed by atoms with van der Waals surface area (Å²) in [6.45, 7) is 4.54. The highest BCUT2D eigenvalue weighted by Gasteiger charge is 2.13.